The number of sulfonamides is 1. The SMILES string of the molecule is Cc1cccc(N2CCN(S(=O)(=O)c3cnnn3C)CC2)c1. The van der Waals surface area contributed by atoms with E-state index in [1.165, 1.54) is 20.7 Å². The molecule has 2 heterocycles. The van der Waals surface area contributed by atoms with Gasteiger partial charge in [-0.3, -0.25) is 0 Å². The van der Waals surface area contributed by atoms with Crippen molar-refractivity contribution in [3.63, 3.8) is 0 Å². The van der Waals surface area contributed by atoms with Gasteiger partial charge in [0.15, 0.2) is 5.03 Å². The van der Waals surface area contributed by atoms with E-state index in [1.807, 2.05) is 6.07 Å². The predicted molar refractivity (Wildman–Crippen MR) is 83.2 cm³/mol. The van der Waals surface area contributed by atoms with Crippen LogP contribution in [0.4, 0.5) is 5.69 Å². The standard InChI is InChI=1S/C14H19N5O2S/c1-12-4-3-5-13(10-12)18-6-8-19(9-7-18)22(20,21)14-11-15-16-17(14)2/h3-5,10-11H,6-9H2,1-2H3. The first-order chi connectivity index (χ1) is 10.5. The number of aromatic nitrogens is 3. The Labute approximate surface area is 130 Å². The lowest BCUT2D eigenvalue weighted by atomic mass is 10.2. The molecular formula is C14H19N5O2S. The molecule has 1 aliphatic rings. The smallest absolute Gasteiger partial charge is 0.261 e. The van der Waals surface area contributed by atoms with Crippen molar-refractivity contribution in [3.05, 3.63) is 36.0 Å². The summed E-state index contributed by atoms with van der Waals surface area (Å²) in [5.41, 5.74) is 2.34. The van der Waals surface area contributed by atoms with Crippen molar-refractivity contribution >= 4 is 15.7 Å². The zero-order valence-electron chi connectivity index (χ0n) is 12.7. The molecule has 1 aromatic heterocycles. The van der Waals surface area contributed by atoms with Crippen LogP contribution in [0.5, 0.6) is 0 Å². The molecule has 0 spiro atoms. The van der Waals surface area contributed by atoms with Gasteiger partial charge in [0.25, 0.3) is 10.0 Å². The quantitative estimate of drug-likeness (QED) is 0.829. The summed E-state index contributed by atoms with van der Waals surface area (Å²) < 4.78 is 27.9. The van der Waals surface area contributed by atoms with Crippen molar-refractivity contribution in [3.8, 4) is 0 Å². The van der Waals surface area contributed by atoms with E-state index in [4.69, 9.17) is 0 Å². The zero-order valence-corrected chi connectivity index (χ0v) is 13.5. The molecule has 1 saturated heterocycles. The predicted octanol–water partition coefficient (Wildman–Crippen LogP) is 0.634. The van der Waals surface area contributed by atoms with Crippen LogP contribution < -0.4 is 4.90 Å². The molecule has 1 aliphatic heterocycles. The number of nitrogens with zero attached hydrogens (tertiary/aromatic N) is 5. The largest absolute Gasteiger partial charge is 0.369 e. The summed E-state index contributed by atoms with van der Waals surface area (Å²) in [7, 11) is -1.93. The molecule has 0 atom stereocenters. The fraction of sp³-hybridized carbons (Fsp3) is 0.429. The Bertz CT molecular complexity index is 763. The van der Waals surface area contributed by atoms with Crippen molar-refractivity contribution in [2.45, 2.75) is 11.9 Å². The molecule has 0 amide bonds. The van der Waals surface area contributed by atoms with Gasteiger partial charge in [0.2, 0.25) is 0 Å². The highest BCUT2D eigenvalue weighted by molar-refractivity contribution is 7.89. The van der Waals surface area contributed by atoms with Crippen LogP contribution in [0.15, 0.2) is 35.5 Å². The number of hydrogen-bond acceptors (Lipinski definition) is 5. The van der Waals surface area contributed by atoms with Gasteiger partial charge in [0, 0.05) is 38.9 Å². The Hall–Kier alpha value is -1.93. The Morgan fingerprint density at radius 3 is 2.45 bits per heavy atom. The Morgan fingerprint density at radius 2 is 1.86 bits per heavy atom. The highest BCUT2D eigenvalue weighted by atomic mass is 32.2. The van der Waals surface area contributed by atoms with Gasteiger partial charge < -0.3 is 4.90 Å². The maximum absolute atomic E-state index is 12.6. The van der Waals surface area contributed by atoms with E-state index in [9.17, 15) is 8.42 Å². The van der Waals surface area contributed by atoms with E-state index < -0.39 is 10.0 Å². The molecule has 22 heavy (non-hydrogen) atoms. The summed E-state index contributed by atoms with van der Waals surface area (Å²) in [4.78, 5) is 2.21. The molecule has 1 fully saturated rings. The van der Waals surface area contributed by atoms with E-state index in [0.29, 0.717) is 26.2 Å². The first-order valence-electron chi connectivity index (χ1n) is 7.15. The van der Waals surface area contributed by atoms with Gasteiger partial charge in [-0.05, 0) is 24.6 Å². The molecule has 0 bridgehead atoms. The van der Waals surface area contributed by atoms with E-state index in [1.54, 1.807) is 7.05 Å². The van der Waals surface area contributed by atoms with Crippen LogP contribution in [-0.4, -0.2) is 53.9 Å². The minimum atomic E-state index is -3.52. The van der Waals surface area contributed by atoms with Crippen LogP contribution in [0, 0.1) is 6.92 Å². The van der Waals surface area contributed by atoms with Crippen LogP contribution in [0.1, 0.15) is 5.56 Å². The third-order valence-electron chi connectivity index (χ3n) is 3.88. The maximum atomic E-state index is 12.6. The highest BCUT2D eigenvalue weighted by Gasteiger charge is 2.31. The Kier molecular flexibility index (Phi) is 3.88. The van der Waals surface area contributed by atoms with Gasteiger partial charge in [-0.15, -0.1) is 5.10 Å². The average Bonchev–Trinajstić information content (AvgIpc) is 2.94. The number of aryl methyl sites for hydroxylation is 2. The molecule has 2 aromatic rings. The normalized spacial score (nSPS) is 16.9. The topological polar surface area (TPSA) is 71.3 Å². The van der Waals surface area contributed by atoms with E-state index >= 15 is 0 Å². The molecule has 7 nitrogen and oxygen atoms in total. The molecule has 118 valence electrons. The number of rotatable bonds is 3. The molecule has 0 N–H and O–H groups in total. The first-order valence-corrected chi connectivity index (χ1v) is 8.59. The monoisotopic (exact) mass is 321 g/mol. The van der Waals surface area contributed by atoms with Gasteiger partial charge in [-0.2, -0.15) is 4.31 Å². The van der Waals surface area contributed by atoms with Crippen LogP contribution in [-0.2, 0) is 17.1 Å². The van der Waals surface area contributed by atoms with Crippen molar-refractivity contribution in [1.29, 1.82) is 0 Å². The summed E-state index contributed by atoms with van der Waals surface area (Å²) >= 11 is 0. The highest BCUT2D eigenvalue weighted by Crippen LogP contribution is 2.21. The molecule has 1 aromatic carbocycles. The molecule has 3 rings (SSSR count). The Morgan fingerprint density at radius 1 is 1.14 bits per heavy atom. The second-order valence-corrected chi connectivity index (χ2v) is 7.31. The van der Waals surface area contributed by atoms with Gasteiger partial charge in [0.1, 0.15) is 0 Å². The second kappa shape index (κ2) is 5.69. The zero-order chi connectivity index (χ0) is 15.7. The number of benzene rings is 1. The van der Waals surface area contributed by atoms with Gasteiger partial charge in [-0.25, -0.2) is 13.1 Å². The van der Waals surface area contributed by atoms with Crippen LogP contribution >= 0.6 is 0 Å². The van der Waals surface area contributed by atoms with Gasteiger partial charge in [-0.1, -0.05) is 17.3 Å². The molecule has 0 radical (unpaired) electrons. The fourth-order valence-electron chi connectivity index (χ4n) is 2.66. The van der Waals surface area contributed by atoms with E-state index in [0.717, 1.165) is 5.69 Å². The molecule has 0 aliphatic carbocycles. The van der Waals surface area contributed by atoms with Crippen molar-refractivity contribution in [1.82, 2.24) is 19.3 Å². The number of piperazine rings is 1. The molecular weight excluding hydrogens is 302 g/mol. The van der Waals surface area contributed by atoms with Crippen LogP contribution in [0.3, 0.4) is 0 Å². The van der Waals surface area contributed by atoms with Crippen molar-refractivity contribution < 1.29 is 8.42 Å². The van der Waals surface area contributed by atoms with Crippen LogP contribution in [0.25, 0.3) is 0 Å². The van der Waals surface area contributed by atoms with Gasteiger partial charge in [0.05, 0.1) is 6.20 Å². The van der Waals surface area contributed by atoms with Gasteiger partial charge >= 0.3 is 0 Å². The first kappa shape index (κ1) is 15.0. The summed E-state index contributed by atoms with van der Waals surface area (Å²) in [6.45, 7) is 4.32. The third-order valence-corrected chi connectivity index (χ3v) is 5.83. The summed E-state index contributed by atoms with van der Waals surface area (Å²) in [6, 6.07) is 8.26. The van der Waals surface area contributed by atoms with Crippen molar-refractivity contribution in [2.24, 2.45) is 7.05 Å². The fourth-order valence-corrected chi connectivity index (χ4v) is 4.12. The lowest BCUT2D eigenvalue weighted by molar-refractivity contribution is 0.380. The van der Waals surface area contributed by atoms with E-state index in [-0.39, 0.29) is 5.03 Å². The minimum Gasteiger partial charge on any atom is -0.369 e. The molecule has 0 saturated carbocycles. The maximum Gasteiger partial charge on any atom is 0.261 e. The van der Waals surface area contributed by atoms with E-state index in [2.05, 4.69) is 40.3 Å². The third kappa shape index (κ3) is 2.71. The van der Waals surface area contributed by atoms with Crippen molar-refractivity contribution in [2.75, 3.05) is 31.1 Å². The average molecular weight is 321 g/mol. The number of anilines is 1. The summed E-state index contributed by atoms with van der Waals surface area (Å²) in [5.74, 6) is 0. The second-order valence-electron chi connectivity index (χ2n) is 5.43. The summed E-state index contributed by atoms with van der Waals surface area (Å²) in [6.07, 6.45) is 1.29. The molecule has 0 unspecified atom stereocenters. The minimum absolute atomic E-state index is 0.136. The Balaban J connectivity index is 1.73. The molecule has 8 heteroatoms. The number of hydrogen-bond donors (Lipinski definition) is 0. The lowest BCUT2D eigenvalue weighted by Gasteiger charge is -2.35. The summed E-state index contributed by atoms with van der Waals surface area (Å²) in [5, 5.41) is 7.49. The lowest BCUT2D eigenvalue weighted by Crippen LogP contribution is -2.49. The van der Waals surface area contributed by atoms with Crippen LogP contribution in [0.2, 0.25) is 0 Å².